The minimum atomic E-state index is -2.13. The molecule has 94 valence electrons. The third kappa shape index (κ3) is 3.03. The number of nitrogens with one attached hydrogen (secondary N) is 1. The highest BCUT2D eigenvalue weighted by atomic mass is 35.5. The van der Waals surface area contributed by atoms with Gasteiger partial charge in [-0.15, -0.1) is 11.6 Å². The lowest BCUT2D eigenvalue weighted by Crippen LogP contribution is -2.63. The van der Waals surface area contributed by atoms with E-state index in [9.17, 15) is 20.1 Å². The lowest BCUT2D eigenvalue weighted by Gasteiger charge is -2.41. The number of aliphatic hydroxyl groups is 4. The van der Waals surface area contributed by atoms with Crippen LogP contribution < -0.4 is 5.32 Å². The summed E-state index contributed by atoms with van der Waals surface area (Å²) in [6, 6.07) is 0. The van der Waals surface area contributed by atoms with Crippen LogP contribution in [0.2, 0.25) is 0 Å². The Morgan fingerprint density at radius 2 is 2.19 bits per heavy atom. The molecule has 0 spiro atoms. The maximum atomic E-state index is 11.0. The van der Waals surface area contributed by atoms with Crippen molar-refractivity contribution in [2.45, 2.75) is 30.6 Å². The summed E-state index contributed by atoms with van der Waals surface area (Å²) in [4.78, 5) is 11.0. The Kier molecular flexibility index (Phi) is 4.48. The minimum Gasteiger partial charge on any atom is -0.394 e. The lowest BCUT2D eigenvalue weighted by molar-refractivity contribution is -0.315. The van der Waals surface area contributed by atoms with E-state index >= 15 is 0 Å². The first-order valence-electron chi connectivity index (χ1n) is 4.66. The second-order valence-corrected chi connectivity index (χ2v) is 3.83. The molecule has 0 aromatic heterocycles. The number of amides is 1. The van der Waals surface area contributed by atoms with Gasteiger partial charge in [0.15, 0.2) is 0 Å². The average Bonchev–Trinajstić information content (AvgIpc) is 2.23. The number of carbonyl (C=O) groups is 1. The fourth-order valence-corrected chi connectivity index (χ4v) is 1.56. The molecule has 16 heavy (non-hydrogen) atoms. The van der Waals surface area contributed by atoms with E-state index < -0.39 is 43.2 Å². The molecule has 1 amide bonds. The van der Waals surface area contributed by atoms with E-state index in [4.69, 9.17) is 21.4 Å². The molecule has 0 aliphatic carbocycles. The molecule has 0 saturated carbocycles. The second-order valence-electron chi connectivity index (χ2n) is 3.57. The fraction of sp³-hybridized carbons (Fsp3) is 0.875. The van der Waals surface area contributed by atoms with E-state index in [1.54, 1.807) is 0 Å². The Labute approximate surface area is 96.6 Å². The lowest BCUT2D eigenvalue weighted by atomic mass is 9.99. The fourth-order valence-electron chi connectivity index (χ4n) is 1.50. The number of rotatable bonds is 3. The van der Waals surface area contributed by atoms with E-state index in [1.165, 1.54) is 0 Å². The largest absolute Gasteiger partial charge is 0.394 e. The monoisotopic (exact) mass is 255 g/mol. The van der Waals surface area contributed by atoms with Crippen LogP contribution in [0, 0.1) is 0 Å². The highest BCUT2D eigenvalue weighted by Gasteiger charge is 2.45. The van der Waals surface area contributed by atoms with Gasteiger partial charge < -0.3 is 30.5 Å². The van der Waals surface area contributed by atoms with Gasteiger partial charge in [0, 0.05) is 0 Å². The molecule has 1 aliphatic heterocycles. The van der Waals surface area contributed by atoms with Crippen molar-refractivity contribution in [1.29, 1.82) is 0 Å². The normalized spacial score (nSPS) is 39.4. The number of ether oxygens (including phenoxy) is 1. The summed E-state index contributed by atoms with van der Waals surface area (Å²) in [6.07, 6.45) is -4.22. The smallest absolute Gasteiger partial charge is 0.251 e. The molecule has 1 fully saturated rings. The van der Waals surface area contributed by atoms with Crippen LogP contribution in [0.1, 0.15) is 6.42 Å². The van der Waals surface area contributed by atoms with Gasteiger partial charge in [0.2, 0.25) is 5.91 Å². The van der Waals surface area contributed by atoms with Crippen LogP contribution in [0.3, 0.4) is 0 Å². The zero-order valence-electron chi connectivity index (χ0n) is 8.34. The predicted molar refractivity (Wildman–Crippen MR) is 52.4 cm³/mol. The highest BCUT2D eigenvalue weighted by molar-refractivity contribution is 6.27. The Balaban J connectivity index is 2.70. The summed E-state index contributed by atoms with van der Waals surface area (Å²) in [7, 11) is 0. The zero-order chi connectivity index (χ0) is 12.3. The van der Waals surface area contributed by atoms with Gasteiger partial charge in [0.25, 0.3) is 5.91 Å². The van der Waals surface area contributed by atoms with Crippen molar-refractivity contribution in [3.8, 4) is 0 Å². The van der Waals surface area contributed by atoms with E-state index in [-0.39, 0.29) is 5.88 Å². The zero-order valence-corrected chi connectivity index (χ0v) is 9.09. The number of hydrogen-bond acceptors (Lipinski definition) is 6. The van der Waals surface area contributed by atoms with Gasteiger partial charge in [-0.25, -0.2) is 0 Å². The quantitative estimate of drug-likeness (QED) is 0.281. The first kappa shape index (κ1) is 13.6. The summed E-state index contributed by atoms with van der Waals surface area (Å²) in [5, 5.41) is 39.5. The number of alkyl halides is 1. The molecule has 1 unspecified atom stereocenters. The molecule has 0 bridgehead atoms. The second kappa shape index (κ2) is 5.26. The number of carbonyl (C=O) groups excluding carboxylic acids is 1. The van der Waals surface area contributed by atoms with E-state index in [2.05, 4.69) is 0 Å². The Hall–Kier alpha value is -0.440. The maximum Gasteiger partial charge on any atom is 0.251 e. The highest BCUT2D eigenvalue weighted by Crippen LogP contribution is 2.25. The molecule has 1 heterocycles. The summed E-state index contributed by atoms with van der Waals surface area (Å²) < 4.78 is 4.88. The van der Waals surface area contributed by atoms with Crippen molar-refractivity contribution in [1.82, 2.24) is 5.32 Å². The van der Waals surface area contributed by atoms with Crippen LogP contribution in [0.5, 0.6) is 0 Å². The third-order valence-electron chi connectivity index (χ3n) is 2.24. The van der Waals surface area contributed by atoms with Gasteiger partial charge in [0.05, 0.1) is 19.1 Å². The molecule has 7 nitrogen and oxygen atoms in total. The molecule has 1 aliphatic rings. The number of aliphatic hydroxyl groups excluding tert-OH is 3. The standard InChI is InChI=1S/C8H14ClNO6/c9-2-6(13)10-8(15)1-4(12)7(14)5(3-11)16-8/h4-5,7,11-12,14-15H,1-3H2,(H,10,13)/t4-,5-,7+,8?/m1/s1. The van der Waals surface area contributed by atoms with Crippen molar-refractivity contribution < 1.29 is 30.0 Å². The summed E-state index contributed by atoms with van der Waals surface area (Å²) in [6.45, 7) is -0.600. The Bertz CT molecular complexity index is 265. The number of halogens is 1. The first-order chi connectivity index (χ1) is 7.41. The van der Waals surface area contributed by atoms with E-state index in [0.717, 1.165) is 0 Å². The molecule has 1 saturated heterocycles. The van der Waals surface area contributed by atoms with Crippen LogP contribution in [0.15, 0.2) is 0 Å². The first-order valence-corrected chi connectivity index (χ1v) is 5.19. The van der Waals surface area contributed by atoms with Crippen molar-refractivity contribution in [3.63, 3.8) is 0 Å². The molecule has 0 aromatic carbocycles. The minimum absolute atomic E-state index is 0.381. The summed E-state index contributed by atoms with van der Waals surface area (Å²) in [5.74, 6) is -3.20. The Morgan fingerprint density at radius 1 is 1.56 bits per heavy atom. The SMILES string of the molecule is O=C(CCl)NC1(O)C[C@@H](O)[C@H](O)[C@@H](CO)O1. The van der Waals surface area contributed by atoms with Crippen LogP contribution >= 0.6 is 11.6 Å². The van der Waals surface area contributed by atoms with Gasteiger partial charge >= 0.3 is 0 Å². The topological polar surface area (TPSA) is 119 Å². The van der Waals surface area contributed by atoms with E-state index in [0.29, 0.717) is 0 Å². The van der Waals surface area contributed by atoms with E-state index in [1.807, 2.05) is 5.32 Å². The molecule has 4 atom stereocenters. The number of hydrogen-bond donors (Lipinski definition) is 5. The van der Waals surface area contributed by atoms with Crippen LogP contribution in [-0.2, 0) is 9.53 Å². The predicted octanol–water partition coefficient (Wildman–Crippen LogP) is -2.51. The summed E-state index contributed by atoms with van der Waals surface area (Å²) in [5.41, 5.74) is 0. The molecule has 0 aromatic rings. The molecule has 0 radical (unpaired) electrons. The molecule has 5 N–H and O–H groups in total. The van der Waals surface area contributed by atoms with Gasteiger partial charge in [-0.05, 0) is 0 Å². The molecule has 1 rings (SSSR count). The third-order valence-corrected chi connectivity index (χ3v) is 2.49. The van der Waals surface area contributed by atoms with Gasteiger partial charge in [-0.3, -0.25) is 4.79 Å². The van der Waals surface area contributed by atoms with Crippen molar-refractivity contribution in [2.75, 3.05) is 12.5 Å². The average molecular weight is 256 g/mol. The van der Waals surface area contributed by atoms with Gasteiger partial charge in [-0.2, -0.15) is 0 Å². The van der Waals surface area contributed by atoms with Gasteiger partial charge in [-0.1, -0.05) is 0 Å². The van der Waals surface area contributed by atoms with Gasteiger partial charge in [0.1, 0.15) is 18.1 Å². The molecular weight excluding hydrogens is 242 g/mol. The van der Waals surface area contributed by atoms with Crippen LogP contribution in [0.4, 0.5) is 0 Å². The maximum absolute atomic E-state index is 11.0. The molecule has 8 heteroatoms. The Morgan fingerprint density at radius 3 is 2.69 bits per heavy atom. The molecular formula is C8H14ClNO6. The summed E-state index contributed by atoms with van der Waals surface area (Å²) >= 11 is 5.23. The van der Waals surface area contributed by atoms with Crippen molar-refractivity contribution in [2.24, 2.45) is 0 Å². The van der Waals surface area contributed by atoms with Crippen LogP contribution in [0.25, 0.3) is 0 Å². The van der Waals surface area contributed by atoms with Crippen molar-refractivity contribution in [3.05, 3.63) is 0 Å². The van der Waals surface area contributed by atoms with Crippen molar-refractivity contribution >= 4 is 17.5 Å². The van der Waals surface area contributed by atoms with Crippen LogP contribution in [-0.4, -0.2) is 63.0 Å².